The van der Waals surface area contributed by atoms with Gasteiger partial charge in [-0.15, -0.1) is 0 Å². The quantitative estimate of drug-likeness (QED) is 0.359. The third-order valence-corrected chi connectivity index (χ3v) is 2.54. The number of guanidine groups is 1. The summed E-state index contributed by atoms with van der Waals surface area (Å²) in [6.45, 7) is 9.90. The highest BCUT2D eigenvalue weighted by atomic mass is 16.5. The van der Waals surface area contributed by atoms with Crippen LogP contribution in [0.2, 0.25) is 0 Å². The molecule has 18 heavy (non-hydrogen) atoms. The first kappa shape index (κ1) is 17.2. The first-order valence-electron chi connectivity index (χ1n) is 7.23. The average Bonchev–Trinajstić information content (AvgIpc) is 2.35. The predicted molar refractivity (Wildman–Crippen MR) is 79.2 cm³/mol. The van der Waals surface area contributed by atoms with E-state index in [1.165, 1.54) is 25.7 Å². The van der Waals surface area contributed by atoms with Crippen LogP contribution in [0.4, 0.5) is 0 Å². The Morgan fingerprint density at radius 2 is 1.83 bits per heavy atom. The fourth-order valence-electron chi connectivity index (χ4n) is 1.54. The molecule has 0 amide bonds. The van der Waals surface area contributed by atoms with Gasteiger partial charge in [-0.3, -0.25) is 4.99 Å². The van der Waals surface area contributed by atoms with Gasteiger partial charge in [0, 0.05) is 26.7 Å². The lowest BCUT2D eigenvalue weighted by Crippen LogP contribution is -2.39. The fourth-order valence-corrected chi connectivity index (χ4v) is 1.54. The Bertz CT molecular complexity index is 205. The van der Waals surface area contributed by atoms with Crippen molar-refractivity contribution >= 4 is 5.96 Å². The summed E-state index contributed by atoms with van der Waals surface area (Å²) in [6, 6.07) is 0. The highest BCUT2D eigenvalue weighted by molar-refractivity contribution is 5.79. The van der Waals surface area contributed by atoms with Gasteiger partial charge in [0.2, 0.25) is 0 Å². The number of ether oxygens (including phenoxy) is 1. The highest BCUT2D eigenvalue weighted by Crippen LogP contribution is 1.96. The first-order valence-corrected chi connectivity index (χ1v) is 7.23. The first-order chi connectivity index (χ1) is 8.70. The molecule has 2 N–H and O–H groups in total. The minimum Gasteiger partial charge on any atom is -0.379 e. The van der Waals surface area contributed by atoms with E-state index in [4.69, 9.17) is 4.74 Å². The summed E-state index contributed by atoms with van der Waals surface area (Å²) < 4.78 is 5.50. The van der Waals surface area contributed by atoms with Crippen molar-refractivity contribution in [1.29, 1.82) is 0 Å². The molecule has 4 nitrogen and oxygen atoms in total. The van der Waals surface area contributed by atoms with E-state index in [0.717, 1.165) is 32.3 Å². The third-order valence-electron chi connectivity index (χ3n) is 2.54. The van der Waals surface area contributed by atoms with E-state index in [1.54, 1.807) is 7.05 Å². The van der Waals surface area contributed by atoms with E-state index in [1.807, 2.05) is 0 Å². The predicted octanol–water partition coefficient (Wildman–Crippen LogP) is 2.40. The molecule has 0 fully saturated rings. The Morgan fingerprint density at radius 3 is 2.44 bits per heavy atom. The summed E-state index contributed by atoms with van der Waals surface area (Å²) in [5, 5.41) is 6.56. The maximum Gasteiger partial charge on any atom is 0.191 e. The minimum absolute atomic E-state index is 0.598. The highest BCUT2D eigenvalue weighted by Gasteiger charge is 1.97. The number of nitrogens with zero attached hydrogens (tertiary/aromatic N) is 1. The van der Waals surface area contributed by atoms with Gasteiger partial charge in [-0.1, -0.05) is 40.0 Å². The van der Waals surface area contributed by atoms with Gasteiger partial charge >= 0.3 is 0 Å². The molecule has 0 aliphatic rings. The molecule has 0 aliphatic heterocycles. The second kappa shape index (κ2) is 12.7. The molecule has 4 heteroatoms. The Morgan fingerprint density at radius 1 is 1.11 bits per heavy atom. The number of hydrogen-bond acceptors (Lipinski definition) is 2. The van der Waals surface area contributed by atoms with Crippen LogP contribution in [-0.4, -0.2) is 39.3 Å². The van der Waals surface area contributed by atoms with Gasteiger partial charge in [0.15, 0.2) is 5.96 Å². The summed E-state index contributed by atoms with van der Waals surface area (Å²) in [6.07, 6.45) is 5.09. The molecular weight excluding hydrogens is 226 g/mol. The molecule has 0 atom stereocenters. The molecule has 0 saturated heterocycles. The van der Waals surface area contributed by atoms with Gasteiger partial charge in [-0.25, -0.2) is 0 Å². The van der Waals surface area contributed by atoms with Crippen LogP contribution < -0.4 is 10.6 Å². The summed E-state index contributed by atoms with van der Waals surface area (Å²) in [4.78, 5) is 4.18. The van der Waals surface area contributed by atoms with E-state index in [-0.39, 0.29) is 0 Å². The molecule has 0 spiro atoms. The molecule has 0 aromatic heterocycles. The number of nitrogens with one attached hydrogen (secondary N) is 2. The van der Waals surface area contributed by atoms with E-state index < -0.39 is 0 Å². The van der Waals surface area contributed by atoms with Gasteiger partial charge in [-0.2, -0.15) is 0 Å². The van der Waals surface area contributed by atoms with Crippen LogP contribution in [-0.2, 0) is 4.74 Å². The number of rotatable bonds is 10. The third kappa shape index (κ3) is 11.7. The van der Waals surface area contributed by atoms with Gasteiger partial charge in [0.25, 0.3) is 0 Å². The molecule has 0 aliphatic carbocycles. The lowest BCUT2D eigenvalue weighted by molar-refractivity contribution is 0.114. The normalized spacial score (nSPS) is 11.9. The summed E-state index contributed by atoms with van der Waals surface area (Å²) in [5.41, 5.74) is 0. The van der Waals surface area contributed by atoms with Crippen LogP contribution in [0.15, 0.2) is 4.99 Å². The van der Waals surface area contributed by atoms with Crippen LogP contribution in [0.25, 0.3) is 0 Å². The molecule has 0 unspecified atom stereocenters. The van der Waals surface area contributed by atoms with Crippen LogP contribution in [0, 0.1) is 5.92 Å². The molecule has 0 aromatic carbocycles. The number of unbranched alkanes of at least 4 members (excludes halogenated alkanes) is 3. The van der Waals surface area contributed by atoms with Gasteiger partial charge in [0.05, 0.1) is 6.61 Å². The Hall–Kier alpha value is -0.770. The van der Waals surface area contributed by atoms with Gasteiger partial charge in [-0.05, 0) is 12.3 Å². The minimum atomic E-state index is 0.598. The second-order valence-corrected chi connectivity index (χ2v) is 4.96. The van der Waals surface area contributed by atoms with Crippen LogP contribution in [0.3, 0.4) is 0 Å². The van der Waals surface area contributed by atoms with E-state index >= 15 is 0 Å². The maximum atomic E-state index is 5.50. The van der Waals surface area contributed by atoms with Crippen molar-refractivity contribution in [2.45, 2.75) is 46.5 Å². The monoisotopic (exact) mass is 257 g/mol. The van der Waals surface area contributed by atoms with Gasteiger partial charge < -0.3 is 15.4 Å². The largest absolute Gasteiger partial charge is 0.379 e. The van der Waals surface area contributed by atoms with Crippen molar-refractivity contribution in [3.63, 3.8) is 0 Å². The Balaban J connectivity index is 3.42. The van der Waals surface area contributed by atoms with Crippen molar-refractivity contribution < 1.29 is 4.74 Å². The SMILES string of the molecule is CCCCCCNC(=NC)NCCOCC(C)C. The molecule has 0 aromatic rings. The number of aliphatic imine (C=N–C) groups is 1. The second-order valence-electron chi connectivity index (χ2n) is 4.96. The topological polar surface area (TPSA) is 45.7 Å². The molecule has 0 heterocycles. The lowest BCUT2D eigenvalue weighted by atomic mass is 10.2. The molecule has 108 valence electrons. The molecular formula is C14H31N3O. The van der Waals surface area contributed by atoms with E-state index in [2.05, 4.69) is 36.4 Å². The molecule has 0 bridgehead atoms. The molecule has 0 rings (SSSR count). The summed E-state index contributed by atoms with van der Waals surface area (Å²) >= 11 is 0. The van der Waals surface area contributed by atoms with Crippen molar-refractivity contribution in [1.82, 2.24) is 10.6 Å². The van der Waals surface area contributed by atoms with Crippen molar-refractivity contribution in [3.8, 4) is 0 Å². The van der Waals surface area contributed by atoms with Gasteiger partial charge in [0.1, 0.15) is 0 Å². The van der Waals surface area contributed by atoms with Crippen LogP contribution >= 0.6 is 0 Å². The lowest BCUT2D eigenvalue weighted by Gasteiger charge is -2.12. The van der Waals surface area contributed by atoms with E-state index in [0.29, 0.717) is 5.92 Å². The van der Waals surface area contributed by atoms with Crippen LogP contribution in [0.5, 0.6) is 0 Å². The molecule has 0 radical (unpaired) electrons. The Kier molecular flexibility index (Phi) is 12.1. The average molecular weight is 257 g/mol. The summed E-state index contributed by atoms with van der Waals surface area (Å²) in [7, 11) is 1.80. The van der Waals surface area contributed by atoms with Crippen LogP contribution in [0.1, 0.15) is 46.5 Å². The zero-order valence-electron chi connectivity index (χ0n) is 12.6. The smallest absolute Gasteiger partial charge is 0.191 e. The van der Waals surface area contributed by atoms with Crippen molar-refractivity contribution in [2.75, 3.05) is 33.4 Å². The fraction of sp³-hybridized carbons (Fsp3) is 0.929. The standard InChI is InChI=1S/C14H31N3O/c1-5-6-7-8-9-16-14(15-4)17-10-11-18-12-13(2)3/h13H,5-12H2,1-4H3,(H2,15,16,17). The zero-order chi connectivity index (χ0) is 13.6. The van der Waals surface area contributed by atoms with E-state index in [9.17, 15) is 0 Å². The van der Waals surface area contributed by atoms with Crippen molar-refractivity contribution in [2.24, 2.45) is 10.9 Å². The van der Waals surface area contributed by atoms with Crippen molar-refractivity contribution in [3.05, 3.63) is 0 Å². The zero-order valence-corrected chi connectivity index (χ0v) is 12.6. The summed E-state index contributed by atoms with van der Waals surface area (Å²) in [5.74, 6) is 1.47. The maximum absolute atomic E-state index is 5.50. The Labute approximate surface area is 113 Å². The molecule has 0 saturated carbocycles. The number of hydrogen-bond donors (Lipinski definition) is 2.